The van der Waals surface area contributed by atoms with Crippen LogP contribution in [0.4, 0.5) is 0 Å². The SMILES string of the molecule is CC1(C)c2ccc3ccccc3c2-c2c1c1ccc(-c3c4ccccc4c(-c4ccc(-c5ccc6ccccc6c5)cc4)c4ccccc34)cc1c1ccccc21. The number of fused-ring (bicyclic) bond motifs is 13. The van der Waals surface area contributed by atoms with Crippen molar-refractivity contribution in [2.24, 2.45) is 0 Å². The van der Waals surface area contributed by atoms with E-state index in [0.717, 1.165) is 0 Å². The van der Waals surface area contributed by atoms with Crippen molar-refractivity contribution >= 4 is 64.6 Å². The molecule has 57 heavy (non-hydrogen) atoms. The Morgan fingerprint density at radius 2 is 0.737 bits per heavy atom. The first kappa shape index (κ1) is 32.2. The summed E-state index contributed by atoms with van der Waals surface area (Å²) < 4.78 is 0. The summed E-state index contributed by atoms with van der Waals surface area (Å²) in [5.41, 5.74) is 13.0. The highest BCUT2D eigenvalue weighted by Gasteiger charge is 2.39. The van der Waals surface area contributed by atoms with Crippen LogP contribution in [0.3, 0.4) is 0 Å². The Bertz CT molecular complexity index is 3410. The predicted octanol–water partition coefficient (Wildman–Crippen LogP) is 15.9. The Morgan fingerprint density at radius 1 is 0.263 bits per heavy atom. The molecule has 1 aliphatic rings. The van der Waals surface area contributed by atoms with E-state index in [1.807, 2.05) is 0 Å². The van der Waals surface area contributed by atoms with E-state index in [-0.39, 0.29) is 5.41 Å². The van der Waals surface area contributed by atoms with E-state index < -0.39 is 0 Å². The quantitative estimate of drug-likeness (QED) is 0.126. The molecule has 11 aromatic rings. The summed E-state index contributed by atoms with van der Waals surface area (Å²) in [6.45, 7) is 4.84. The van der Waals surface area contributed by atoms with Crippen molar-refractivity contribution in [3.63, 3.8) is 0 Å². The first-order valence-corrected chi connectivity index (χ1v) is 20.1. The van der Waals surface area contributed by atoms with Gasteiger partial charge in [0.05, 0.1) is 0 Å². The van der Waals surface area contributed by atoms with Gasteiger partial charge in [-0.05, 0) is 132 Å². The zero-order valence-corrected chi connectivity index (χ0v) is 32.0. The van der Waals surface area contributed by atoms with Crippen molar-refractivity contribution in [3.05, 3.63) is 205 Å². The molecule has 0 saturated carbocycles. The van der Waals surface area contributed by atoms with Crippen LogP contribution in [0.5, 0.6) is 0 Å². The maximum atomic E-state index is 2.49. The Hall–Kier alpha value is -7.02. The fourth-order valence-corrected chi connectivity index (χ4v) is 10.4. The summed E-state index contributed by atoms with van der Waals surface area (Å²) in [7, 11) is 0. The molecule has 0 aromatic heterocycles. The molecule has 0 heterocycles. The molecular weight excluding hydrogens is 685 g/mol. The van der Waals surface area contributed by atoms with Crippen LogP contribution in [-0.4, -0.2) is 0 Å². The first-order chi connectivity index (χ1) is 28.0. The fourth-order valence-electron chi connectivity index (χ4n) is 10.4. The molecule has 0 amide bonds. The number of hydrogen-bond acceptors (Lipinski definition) is 0. The lowest BCUT2D eigenvalue weighted by Gasteiger charge is -2.24. The van der Waals surface area contributed by atoms with Crippen LogP contribution in [-0.2, 0) is 5.41 Å². The Labute approximate surface area is 332 Å². The van der Waals surface area contributed by atoms with Crippen molar-refractivity contribution in [2.45, 2.75) is 19.3 Å². The van der Waals surface area contributed by atoms with Gasteiger partial charge in [-0.25, -0.2) is 0 Å². The number of rotatable bonds is 3. The molecule has 12 rings (SSSR count). The second-order valence-electron chi connectivity index (χ2n) is 16.4. The molecule has 0 unspecified atom stereocenters. The minimum Gasteiger partial charge on any atom is -0.0616 e. The van der Waals surface area contributed by atoms with Gasteiger partial charge in [-0.3, -0.25) is 0 Å². The van der Waals surface area contributed by atoms with Gasteiger partial charge in [-0.2, -0.15) is 0 Å². The van der Waals surface area contributed by atoms with E-state index in [4.69, 9.17) is 0 Å². The third-order valence-corrected chi connectivity index (χ3v) is 13.0. The minimum atomic E-state index is -0.149. The van der Waals surface area contributed by atoms with Crippen LogP contribution < -0.4 is 0 Å². The normalized spacial score (nSPS) is 13.2. The largest absolute Gasteiger partial charge is 0.0616 e. The van der Waals surface area contributed by atoms with Gasteiger partial charge in [0.25, 0.3) is 0 Å². The van der Waals surface area contributed by atoms with Crippen LogP contribution in [0.2, 0.25) is 0 Å². The Kier molecular flexibility index (Phi) is 6.78. The van der Waals surface area contributed by atoms with Gasteiger partial charge >= 0.3 is 0 Å². The van der Waals surface area contributed by atoms with Gasteiger partial charge in [0.1, 0.15) is 0 Å². The molecule has 0 aliphatic heterocycles. The average molecular weight is 723 g/mol. The lowest BCUT2D eigenvalue weighted by molar-refractivity contribution is 0.667. The second kappa shape index (κ2) is 12.0. The van der Waals surface area contributed by atoms with Crippen LogP contribution in [0.15, 0.2) is 194 Å². The zero-order chi connectivity index (χ0) is 37.8. The summed E-state index contributed by atoms with van der Waals surface area (Å²) >= 11 is 0. The van der Waals surface area contributed by atoms with E-state index in [2.05, 4.69) is 208 Å². The molecule has 0 N–H and O–H groups in total. The molecule has 0 heteroatoms. The number of benzene rings is 11. The smallest absolute Gasteiger partial charge is 0.0165 e. The Balaban J connectivity index is 1.08. The summed E-state index contributed by atoms with van der Waals surface area (Å²) in [6, 6.07) is 72.5. The van der Waals surface area contributed by atoms with Gasteiger partial charge in [0.2, 0.25) is 0 Å². The third-order valence-electron chi connectivity index (χ3n) is 13.0. The van der Waals surface area contributed by atoms with Crippen molar-refractivity contribution in [3.8, 4) is 44.5 Å². The highest BCUT2D eigenvalue weighted by Crippen LogP contribution is 2.57. The monoisotopic (exact) mass is 722 g/mol. The van der Waals surface area contributed by atoms with E-state index in [1.54, 1.807) is 0 Å². The van der Waals surface area contributed by atoms with Gasteiger partial charge in [-0.15, -0.1) is 0 Å². The van der Waals surface area contributed by atoms with E-state index in [0.29, 0.717) is 0 Å². The lowest BCUT2D eigenvalue weighted by atomic mass is 9.78. The summed E-state index contributed by atoms with van der Waals surface area (Å²) in [5.74, 6) is 0. The van der Waals surface area contributed by atoms with Crippen molar-refractivity contribution in [2.75, 3.05) is 0 Å². The second-order valence-corrected chi connectivity index (χ2v) is 16.4. The molecule has 0 bridgehead atoms. The Morgan fingerprint density at radius 3 is 1.40 bits per heavy atom. The van der Waals surface area contributed by atoms with Crippen LogP contribution in [0, 0.1) is 0 Å². The maximum absolute atomic E-state index is 2.49. The third kappa shape index (κ3) is 4.62. The molecule has 11 aromatic carbocycles. The number of hydrogen-bond donors (Lipinski definition) is 0. The summed E-state index contributed by atoms with van der Waals surface area (Å²) in [5, 5.41) is 15.5. The van der Waals surface area contributed by atoms with E-state index in [9.17, 15) is 0 Å². The maximum Gasteiger partial charge on any atom is 0.0165 e. The van der Waals surface area contributed by atoms with E-state index >= 15 is 0 Å². The van der Waals surface area contributed by atoms with Gasteiger partial charge in [0.15, 0.2) is 0 Å². The minimum absolute atomic E-state index is 0.149. The zero-order valence-electron chi connectivity index (χ0n) is 32.0. The highest BCUT2D eigenvalue weighted by molar-refractivity contribution is 6.25. The first-order valence-electron chi connectivity index (χ1n) is 20.1. The molecular formula is C57H38. The van der Waals surface area contributed by atoms with Crippen LogP contribution in [0.25, 0.3) is 109 Å². The molecule has 0 saturated heterocycles. The predicted molar refractivity (Wildman–Crippen MR) is 245 cm³/mol. The van der Waals surface area contributed by atoms with Gasteiger partial charge < -0.3 is 0 Å². The average Bonchev–Trinajstić information content (AvgIpc) is 3.52. The molecule has 0 radical (unpaired) electrons. The molecule has 0 nitrogen and oxygen atoms in total. The highest BCUT2D eigenvalue weighted by atomic mass is 14.4. The summed E-state index contributed by atoms with van der Waals surface area (Å²) in [6.07, 6.45) is 0. The fraction of sp³-hybridized carbons (Fsp3) is 0.0526. The van der Waals surface area contributed by atoms with Gasteiger partial charge in [-0.1, -0.05) is 196 Å². The van der Waals surface area contributed by atoms with Gasteiger partial charge in [0, 0.05) is 5.41 Å². The standard InChI is InChI=1S/C57H38/c1-57(2)51-32-30-37-14-5-6-16-42(37)54(51)55-44-18-8-7-17-43(44)50-34-41(29-31-49(50)56(55)57)53-47-21-11-9-19-45(47)52(46-20-10-12-22-48(46)53)38-26-23-36(24-27-38)40-28-25-35-13-3-4-15-39(35)33-40/h3-34H,1-2H3. The molecule has 0 spiro atoms. The molecule has 266 valence electrons. The van der Waals surface area contributed by atoms with Crippen molar-refractivity contribution in [1.29, 1.82) is 0 Å². The van der Waals surface area contributed by atoms with Crippen molar-refractivity contribution in [1.82, 2.24) is 0 Å². The molecule has 0 atom stereocenters. The van der Waals surface area contributed by atoms with Crippen molar-refractivity contribution < 1.29 is 0 Å². The van der Waals surface area contributed by atoms with E-state index in [1.165, 1.54) is 120 Å². The van der Waals surface area contributed by atoms with Crippen LogP contribution >= 0.6 is 0 Å². The summed E-state index contributed by atoms with van der Waals surface area (Å²) in [4.78, 5) is 0. The topological polar surface area (TPSA) is 0 Å². The lowest BCUT2D eigenvalue weighted by Crippen LogP contribution is -2.15. The molecule has 0 fully saturated rings. The van der Waals surface area contributed by atoms with Crippen LogP contribution in [0.1, 0.15) is 25.0 Å². The molecule has 1 aliphatic carbocycles.